The molecule has 1 unspecified atom stereocenters. The zero-order valence-corrected chi connectivity index (χ0v) is 11.5. The minimum Gasteiger partial charge on any atom is -0.207 e. The summed E-state index contributed by atoms with van der Waals surface area (Å²) >= 11 is 2.95. The van der Waals surface area contributed by atoms with Crippen LogP contribution in [0.1, 0.15) is 0 Å². The first kappa shape index (κ1) is 13.0. The number of nitrogens with zero attached hydrogens (tertiary/aromatic N) is 1. The number of hydrogen-bond acceptors (Lipinski definition) is 2. The summed E-state index contributed by atoms with van der Waals surface area (Å²) < 4.78 is 37.8. The van der Waals surface area contributed by atoms with Gasteiger partial charge >= 0.3 is 0 Å². The highest BCUT2D eigenvalue weighted by molar-refractivity contribution is 9.10. The predicted molar refractivity (Wildman–Crippen MR) is 63.6 cm³/mol. The molecule has 0 aromatic heterocycles. The third kappa shape index (κ3) is 2.75. The van der Waals surface area contributed by atoms with Gasteiger partial charge in [0.15, 0.2) is 0 Å². The van der Waals surface area contributed by atoms with Gasteiger partial charge in [-0.05, 0) is 34.1 Å². The maximum absolute atomic E-state index is 12.9. The molecular weight excluding hydrogens is 304 g/mol. The van der Waals surface area contributed by atoms with E-state index < -0.39 is 15.8 Å². The zero-order chi connectivity index (χ0) is 11.6. The molecule has 0 saturated carbocycles. The van der Waals surface area contributed by atoms with Crippen molar-refractivity contribution in [1.82, 2.24) is 4.31 Å². The highest BCUT2D eigenvalue weighted by Crippen LogP contribution is 2.22. The Balaban J connectivity index is 3.23. The van der Waals surface area contributed by atoms with Crippen LogP contribution in [0.25, 0.3) is 0 Å². The first-order chi connectivity index (χ1) is 6.89. The molecule has 7 heteroatoms. The molecule has 1 rings (SSSR count). The van der Waals surface area contributed by atoms with Crippen LogP contribution >= 0.6 is 25.2 Å². The van der Waals surface area contributed by atoms with Gasteiger partial charge in [-0.2, -0.15) is 4.31 Å². The summed E-state index contributed by atoms with van der Waals surface area (Å²) in [6.07, 6.45) is 0.289. The lowest BCUT2D eigenvalue weighted by molar-refractivity contribution is 0.512. The molecule has 0 amide bonds. The van der Waals surface area contributed by atoms with Crippen LogP contribution in [-0.4, -0.2) is 26.1 Å². The number of sulfonamides is 1. The van der Waals surface area contributed by atoms with E-state index >= 15 is 0 Å². The Morgan fingerprint density at radius 1 is 1.53 bits per heavy atom. The zero-order valence-electron chi connectivity index (χ0n) is 7.94. The van der Waals surface area contributed by atoms with Crippen molar-refractivity contribution in [2.45, 2.75) is 4.90 Å². The van der Waals surface area contributed by atoms with E-state index in [4.69, 9.17) is 0 Å². The van der Waals surface area contributed by atoms with Gasteiger partial charge in [-0.25, -0.2) is 12.8 Å². The Kier molecular flexibility index (Phi) is 4.23. The van der Waals surface area contributed by atoms with Gasteiger partial charge in [-0.1, -0.05) is 0 Å². The van der Waals surface area contributed by atoms with Crippen molar-refractivity contribution in [3.63, 3.8) is 0 Å². The second-order valence-electron chi connectivity index (χ2n) is 2.86. The molecule has 0 N–H and O–H groups in total. The van der Waals surface area contributed by atoms with E-state index in [2.05, 4.69) is 25.2 Å². The van der Waals surface area contributed by atoms with Crippen molar-refractivity contribution in [3.8, 4) is 0 Å². The lowest BCUT2D eigenvalue weighted by Gasteiger charge is -2.14. The van der Waals surface area contributed by atoms with E-state index in [0.717, 1.165) is 10.4 Å². The summed E-state index contributed by atoms with van der Waals surface area (Å²) in [5.41, 5.74) is 0. The second-order valence-corrected chi connectivity index (χ2v) is 6.13. The summed E-state index contributed by atoms with van der Waals surface area (Å²) in [6.45, 7) is 0. The van der Waals surface area contributed by atoms with Gasteiger partial charge in [0.2, 0.25) is 10.0 Å². The average Bonchev–Trinajstić information content (AvgIpc) is 2.20. The van der Waals surface area contributed by atoms with Crippen LogP contribution in [-0.2, 0) is 10.0 Å². The lowest BCUT2D eigenvalue weighted by atomic mass is 10.3. The molecule has 1 aromatic carbocycles. The average molecular weight is 314 g/mol. The van der Waals surface area contributed by atoms with Gasteiger partial charge < -0.3 is 0 Å². The van der Waals surface area contributed by atoms with E-state index in [1.54, 1.807) is 0 Å². The van der Waals surface area contributed by atoms with Crippen LogP contribution in [0.4, 0.5) is 4.39 Å². The van der Waals surface area contributed by atoms with Crippen LogP contribution in [0, 0.1) is 5.82 Å². The van der Waals surface area contributed by atoms with Gasteiger partial charge in [-0.15, -0.1) is 9.24 Å². The molecule has 0 heterocycles. The number of hydrogen-bond donors (Lipinski definition) is 0. The van der Waals surface area contributed by atoms with E-state index in [9.17, 15) is 12.8 Å². The second kappa shape index (κ2) is 4.87. The number of halogens is 2. The van der Waals surface area contributed by atoms with Gasteiger partial charge in [0.05, 0.1) is 9.37 Å². The highest BCUT2D eigenvalue weighted by Gasteiger charge is 2.20. The molecule has 0 aliphatic heterocycles. The van der Waals surface area contributed by atoms with E-state index in [1.165, 1.54) is 19.2 Å². The summed E-state index contributed by atoms with van der Waals surface area (Å²) in [6, 6.07) is 3.61. The van der Waals surface area contributed by atoms with Gasteiger partial charge in [0.25, 0.3) is 0 Å². The quantitative estimate of drug-likeness (QED) is 0.801. The summed E-state index contributed by atoms with van der Waals surface area (Å²) in [7, 11) is 0.260. The molecule has 0 bridgehead atoms. The minimum absolute atomic E-state index is 0.0701. The van der Waals surface area contributed by atoms with Gasteiger partial charge in [0.1, 0.15) is 5.82 Å². The molecule has 0 radical (unpaired) electrons. The van der Waals surface area contributed by atoms with Crippen molar-refractivity contribution in [2.24, 2.45) is 0 Å². The Morgan fingerprint density at radius 3 is 2.60 bits per heavy atom. The highest BCUT2D eigenvalue weighted by atomic mass is 79.9. The summed E-state index contributed by atoms with van der Waals surface area (Å²) in [5.74, 6) is -0.484. The third-order valence-corrected chi connectivity index (χ3v) is 5.10. The van der Waals surface area contributed by atoms with E-state index in [0.29, 0.717) is 0 Å². The molecule has 15 heavy (non-hydrogen) atoms. The van der Waals surface area contributed by atoms with Crippen molar-refractivity contribution < 1.29 is 12.8 Å². The maximum atomic E-state index is 12.9. The topological polar surface area (TPSA) is 37.4 Å². The van der Waals surface area contributed by atoms with E-state index in [1.807, 2.05) is 0 Å². The number of benzene rings is 1. The normalized spacial score (nSPS) is 12.1. The van der Waals surface area contributed by atoms with E-state index in [-0.39, 0.29) is 15.7 Å². The first-order valence-corrected chi connectivity index (χ1v) is 7.06. The third-order valence-electron chi connectivity index (χ3n) is 1.86. The van der Waals surface area contributed by atoms with Crippen molar-refractivity contribution in [3.05, 3.63) is 28.5 Å². The van der Waals surface area contributed by atoms with Crippen molar-refractivity contribution in [2.75, 3.05) is 13.3 Å². The standard InChI is InChI=1S/C8H10BrFNO2PS/c1-11(5-14)15(12,13)6-2-3-8(10)7(9)4-6/h2-4H,5,14H2,1H3. The number of rotatable bonds is 3. The SMILES string of the molecule is CN(CP)S(=O)(=O)c1ccc(F)c(Br)c1. The smallest absolute Gasteiger partial charge is 0.207 e. The Hall–Kier alpha value is -0.0300. The van der Waals surface area contributed by atoms with Crippen LogP contribution in [0.2, 0.25) is 0 Å². The van der Waals surface area contributed by atoms with Crippen LogP contribution < -0.4 is 0 Å². The predicted octanol–water partition coefficient (Wildman–Crippen LogP) is 2.04. The van der Waals surface area contributed by atoms with Crippen LogP contribution in [0.3, 0.4) is 0 Å². The minimum atomic E-state index is -3.51. The molecule has 1 atom stereocenters. The molecule has 0 spiro atoms. The van der Waals surface area contributed by atoms with Gasteiger partial charge in [0, 0.05) is 13.3 Å². The fourth-order valence-electron chi connectivity index (χ4n) is 0.915. The Labute approximate surface area is 99.0 Å². The molecule has 0 aliphatic carbocycles. The monoisotopic (exact) mass is 313 g/mol. The van der Waals surface area contributed by atoms with Crippen LogP contribution in [0.15, 0.2) is 27.6 Å². The van der Waals surface area contributed by atoms with Gasteiger partial charge in [-0.3, -0.25) is 0 Å². The fourth-order valence-corrected chi connectivity index (χ4v) is 3.10. The molecule has 84 valence electrons. The molecule has 0 saturated heterocycles. The molecule has 3 nitrogen and oxygen atoms in total. The first-order valence-electron chi connectivity index (χ1n) is 4.01. The maximum Gasteiger partial charge on any atom is 0.243 e. The molecule has 1 aromatic rings. The molecular formula is C8H10BrFNO2PS. The van der Waals surface area contributed by atoms with Crippen molar-refractivity contribution in [1.29, 1.82) is 0 Å². The molecule has 0 aliphatic rings. The van der Waals surface area contributed by atoms with Crippen molar-refractivity contribution >= 4 is 35.2 Å². The summed E-state index contributed by atoms with van der Waals surface area (Å²) in [4.78, 5) is 0.0701. The lowest BCUT2D eigenvalue weighted by Crippen LogP contribution is -2.25. The van der Waals surface area contributed by atoms with Crippen LogP contribution in [0.5, 0.6) is 0 Å². The Morgan fingerprint density at radius 2 is 2.13 bits per heavy atom. The summed E-state index contributed by atoms with van der Waals surface area (Å²) in [5, 5.41) is 0. The fraction of sp³-hybridized carbons (Fsp3) is 0.250. The largest absolute Gasteiger partial charge is 0.243 e. The Bertz CT molecular complexity index is 466. The molecule has 0 fully saturated rings.